The molecule has 1 aromatic carbocycles. The fourth-order valence-corrected chi connectivity index (χ4v) is 4.46. The number of anilines is 2. The number of hydrogen-bond acceptors (Lipinski definition) is 8. The maximum Gasteiger partial charge on any atom is 0.260 e. The third kappa shape index (κ3) is 4.49. The van der Waals surface area contributed by atoms with Gasteiger partial charge in [-0.1, -0.05) is 11.6 Å². The fraction of sp³-hybridized carbons (Fsp3) is 0.190. The standard InChI is InChI=1S/C21H19ClN6O3S/c1-9(29)3-2-4-27-20(31)11-5-10(6-12(22)7-11)14-13(8-23)18(25)28-21-15(14)16(24)17(32-21)19(26)30/h5-7H,2-4,24H2,1H3,(H2,25,28)(H2,26,30)(H,27,31). The highest BCUT2D eigenvalue weighted by molar-refractivity contribution is 7.21. The average Bonchev–Trinajstić information content (AvgIpc) is 3.05. The molecule has 11 heteroatoms. The van der Waals surface area contributed by atoms with E-state index in [0.29, 0.717) is 40.7 Å². The lowest BCUT2D eigenvalue weighted by atomic mass is 9.95. The zero-order chi connectivity index (χ0) is 23.6. The van der Waals surface area contributed by atoms with Crippen LogP contribution in [0.3, 0.4) is 0 Å². The van der Waals surface area contributed by atoms with Crippen molar-refractivity contribution in [1.29, 1.82) is 5.26 Å². The number of nitriles is 1. The van der Waals surface area contributed by atoms with E-state index in [0.717, 1.165) is 11.3 Å². The number of nitrogen functional groups attached to an aromatic ring is 2. The molecule has 0 bridgehead atoms. The number of primary amides is 1. The summed E-state index contributed by atoms with van der Waals surface area (Å²) in [5.74, 6) is -1.14. The zero-order valence-corrected chi connectivity index (χ0v) is 18.6. The SMILES string of the molecule is CC(=O)CCCNC(=O)c1cc(Cl)cc(-c2c(C#N)c(N)nc3sc(C(N)=O)c(N)c23)c1. The second kappa shape index (κ2) is 9.21. The van der Waals surface area contributed by atoms with Crippen molar-refractivity contribution < 1.29 is 14.4 Å². The van der Waals surface area contributed by atoms with Crippen molar-refractivity contribution in [2.45, 2.75) is 19.8 Å². The summed E-state index contributed by atoms with van der Waals surface area (Å²) in [4.78, 5) is 40.1. The molecule has 2 heterocycles. The number of hydrogen-bond donors (Lipinski definition) is 4. The van der Waals surface area contributed by atoms with Crippen molar-refractivity contribution >= 4 is 62.3 Å². The highest BCUT2D eigenvalue weighted by atomic mass is 35.5. The van der Waals surface area contributed by atoms with Gasteiger partial charge in [0.05, 0.1) is 5.69 Å². The fourth-order valence-electron chi connectivity index (χ4n) is 3.26. The highest BCUT2D eigenvalue weighted by Crippen LogP contribution is 2.43. The smallest absolute Gasteiger partial charge is 0.260 e. The summed E-state index contributed by atoms with van der Waals surface area (Å²) in [7, 11) is 0. The molecule has 0 saturated heterocycles. The van der Waals surface area contributed by atoms with E-state index in [4.69, 9.17) is 28.8 Å². The number of carbonyl (C=O) groups excluding carboxylic acids is 3. The van der Waals surface area contributed by atoms with Crippen molar-refractivity contribution in [2.75, 3.05) is 18.0 Å². The Hall–Kier alpha value is -3.68. The molecule has 7 N–H and O–H groups in total. The number of thiophene rings is 1. The molecule has 3 rings (SSSR count). The van der Waals surface area contributed by atoms with Crippen molar-refractivity contribution in [3.63, 3.8) is 0 Å². The first-order valence-corrected chi connectivity index (χ1v) is 10.6. The molecule has 9 nitrogen and oxygen atoms in total. The molecule has 2 aromatic heterocycles. The first-order valence-electron chi connectivity index (χ1n) is 9.44. The van der Waals surface area contributed by atoms with Crippen LogP contribution < -0.4 is 22.5 Å². The minimum absolute atomic E-state index is 0.0353. The van der Waals surface area contributed by atoms with Crippen LogP contribution >= 0.6 is 22.9 Å². The van der Waals surface area contributed by atoms with E-state index in [1.807, 2.05) is 6.07 Å². The highest BCUT2D eigenvalue weighted by Gasteiger charge is 2.24. The maximum atomic E-state index is 12.6. The molecule has 0 aliphatic rings. The Balaban J connectivity index is 2.14. The summed E-state index contributed by atoms with van der Waals surface area (Å²) in [5.41, 5.74) is 18.6. The predicted molar refractivity (Wildman–Crippen MR) is 124 cm³/mol. The Morgan fingerprint density at radius 3 is 2.59 bits per heavy atom. The molecule has 2 amide bonds. The van der Waals surface area contributed by atoms with Crippen molar-refractivity contribution in [2.24, 2.45) is 5.73 Å². The number of nitrogens with two attached hydrogens (primary N) is 3. The van der Waals surface area contributed by atoms with Crippen LogP contribution in [0.15, 0.2) is 18.2 Å². The number of pyridine rings is 1. The van der Waals surface area contributed by atoms with Gasteiger partial charge in [-0.25, -0.2) is 4.98 Å². The molecule has 0 radical (unpaired) electrons. The lowest BCUT2D eigenvalue weighted by Gasteiger charge is -2.12. The number of aromatic nitrogens is 1. The van der Waals surface area contributed by atoms with Gasteiger partial charge in [-0.15, -0.1) is 11.3 Å². The number of ketones is 1. The first kappa shape index (κ1) is 23.0. The second-order valence-corrected chi connectivity index (χ2v) is 8.47. The molecule has 0 spiro atoms. The number of carbonyl (C=O) groups is 3. The Labute approximate surface area is 192 Å². The lowest BCUT2D eigenvalue weighted by molar-refractivity contribution is -0.117. The Bertz CT molecular complexity index is 1310. The van der Waals surface area contributed by atoms with Gasteiger partial charge in [-0.3, -0.25) is 9.59 Å². The summed E-state index contributed by atoms with van der Waals surface area (Å²) in [6, 6.07) is 6.59. The van der Waals surface area contributed by atoms with Gasteiger partial charge in [0.15, 0.2) is 0 Å². The molecule has 0 aliphatic carbocycles. The van der Waals surface area contributed by atoms with Gasteiger partial charge in [0.2, 0.25) is 0 Å². The minimum Gasteiger partial charge on any atom is -0.397 e. The van der Waals surface area contributed by atoms with Crippen LogP contribution in [-0.2, 0) is 4.79 Å². The van der Waals surface area contributed by atoms with Crippen molar-refractivity contribution in [3.05, 3.63) is 39.2 Å². The number of halogens is 1. The third-order valence-electron chi connectivity index (χ3n) is 4.68. The van der Waals surface area contributed by atoms with E-state index in [2.05, 4.69) is 10.3 Å². The molecular formula is C21H19ClN6O3S. The lowest BCUT2D eigenvalue weighted by Crippen LogP contribution is -2.24. The molecular weight excluding hydrogens is 452 g/mol. The number of fused-ring (bicyclic) bond motifs is 1. The van der Waals surface area contributed by atoms with Crippen LogP contribution in [0.25, 0.3) is 21.3 Å². The van der Waals surface area contributed by atoms with Gasteiger partial charge >= 0.3 is 0 Å². The van der Waals surface area contributed by atoms with Crippen LogP contribution in [0.1, 0.15) is 45.4 Å². The maximum absolute atomic E-state index is 12.6. The monoisotopic (exact) mass is 470 g/mol. The van der Waals surface area contributed by atoms with E-state index in [1.165, 1.54) is 13.0 Å². The van der Waals surface area contributed by atoms with Gasteiger partial charge in [-0.2, -0.15) is 5.26 Å². The van der Waals surface area contributed by atoms with Gasteiger partial charge in [0.25, 0.3) is 11.8 Å². The van der Waals surface area contributed by atoms with E-state index >= 15 is 0 Å². The predicted octanol–water partition coefficient (Wildman–Crippen LogP) is 2.85. The molecule has 0 fully saturated rings. The molecule has 0 atom stereocenters. The van der Waals surface area contributed by atoms with Crippen LogP contribution in [0, 0.1) is 11.3 Å². The van der Waals surface area contributed by atoms with Crippen LogP contribution in [0.5, 0.6) is 0 Å². The van der Waals surface area contributed by atoms with Gasteiger partial charge < -0.3 is 27.3 Å². The van der Waals surface area contributed by atoms with Crippen molar-refractivity contribution in [3.8, 4) is 17.2 Å². The second-order valence-electron chi connectivity index (χ2n) is 7.04. The summed E-state index contributed by atoms with van der Waals surface area (Å²) < 4.78 is 0. The zero-order valence-electron chi connectivity index (χ0n) is 17.0. The van der Waals surface area contributed by atoms with Crippen LogP contribution in [-0.4, -0.2) is 29.1 Å². The minimum atomic E-state index is -0.731. The van der Waals surface area contributed by atoms with E-state index in [9.17, 15) is 19.6 Å². The molecule has 0 saturated carbocycles. The molecule has 3 aromatic rings. The van der Waals surface area contributed by atoms with E-state index in [-0.39, 0.29) is 38.3 Å². The van der Waals surface area contributed by atoms with Gasteiger partial charge in [0.1, 0.15) is 32.9 Å². The molecule has 0 aliphatic heterocycles. The summed E-state index contributed by atoms with van der Waals surface area (Å²) in [6.07, 6.45) is 0.871. The normalized spacial score (nSPS) is 10.7. The summed E-state index contributed by atoms with van der Waals surface area (Å²) in [6.45, 7) is 1.80. The molecule has 164 valence electrons. The van der Waals surface area contributed by atoms with Crippen LogP contribution in [0.4, 0.5) is 11.5 Å². The largest absolute Gasteiger partial charge is 0.397 e. The topological polar surface area (TPSA) is 178 Å². The molecule has 32 heavy (non-hydrogen) atoms. The van der Waals surface area contributed by atoms with E-state index in [1.54, 1.807) is 12.1 Å². The average molecular weight is 471 g/mol. The third-order valence-corrected chi connectivity index (χ3v) is 6.01. The number of Topliss-reactive ketones (excluding diaryl/α,β-unsaturated/α-hetero) is 1. The summed E-state index contributed by atoms with van der Waals surface area (Å²) >= 11 is 7.24. The number of rotatable bonds is 7. The Morgan fingerprint density at radius 1 is 1.25 bits per heavy atom. The Morgan fingerprint density at radius 2 is 1.97 bits per heavy atom. The number of nitrogens with zero attached hydrogens (tertiary/aromatic N) is 2. The summed E-state index contributed by atoms with van der Waals surface area (Å²) in [5, 5.41) is 13.0. The quantitative estimate of drug-likeness (QED) is 0.383. The molecule has 0 unspecified atom stereocenters. The van der Waals surface area contributed by atoms with E-state index < -0.39 is 11.8 Å². The number of benzene rings is 1. The number of amides is 2. The number of nitrogens with one attached hydrogen (secondary N) is 1. The van der Waals surface area contributed by atoms with Gasteiger partial charge in [-0.05, 0) is 37.1 Å². The Kier molecular flexibility index (Phi) is 6.62. The van der Waals surface area contributed by atoms with Crippen LogP contribution in [0.2, 0.25) is 5.02 Å². The first-order chi connectivity index (χ1) is 15.1. The van der Waals surface area contributed by atoms with Crippen molar-refractivity contribution in [1.82, 2.24) is 10.3 Å². The van der Waals surface area contributed by atoms with Gasteiger partial charge in [0, 0.05) is 34.5 Å².